The van der Waals surface area contributed by atoms with Crippen LogP contribution in [0.15, 0.2) is 34.9 Å². The number of aromatic nitrogens is 2. The van der Waals surface area contributed by atoms with Crippen molar-refractivity contribution in [2.24, 2.45) is 0 Å². The van der Waals surface area contributed by atoms with Gasteiger partial charge in [-0.1, -0.05) is 35.5 Å². The predicted octanol–water partition coefficient (Wildman–Crippen LogP) is 1.26. The summed E-state index contributed by atoms with van der Waals surface area (Å²) in [4.78, 5) is 41.9. The molecule has 1 aromatic carbocycles. The second kappa shape index (κ2) is 7.41. The molecule has 28 heavy (non-hydrogen) atoms. The Morgan fingerprint density at radius 2 is 1.93 bits per heavy atom. The van der Waals surface area contributed by atoms with Gasteiger partial charge in [0.05, 0.1) is 0 Å². The normalized spacial score (nSPS) is 18.2. The predicted molar refractivity (Wildman–Crippen MR) is 97.9 cm³/mol. The zero-order chi connectivity index (χ0) is 19.6. The molecule has 4 amide bonds. The van der Waals surface area contributed by atoms with E-state index in [2.05, 4.69) is 20.8 Å². The minimum absolute atomic E-state index is 0.0300. The van der Waals surface area contributed by atoms with E-state index in [0.29, 0.717) is 56.9 Å². The molecule has 2 aliphatic heterocycles. The molecule has 1 aromatic heterocycles. The van der Waals surface area contributed by atoms with Crippen LogP contribution in [0.25, 0.3) is 11.4 Å². The molecular weight excluding hydrogens is 362 g/mol. The van der Waals surface area contributed by atoms with Crippen LogP contribution >= 0.6 is 0 Å². The number of piperidine rings is 1. The minimum atomic E-state index is -0.856. The third kappa shape index (κ3) is 3.60. The molecule has 2 aliphatic rings. The molecule has 0 radical (unpaired) electrons. The van der Waals surface area contributed by atoms with Crippen molar-refractivity contribution in [3.05, 3.63) is 36.2 Å². The average molecular weight is 383 g/mol. The van der Waals surface area contributed by atoms with E-state index in [1.807, 2.05) is 30.3 Å². The molecule has 2 aromatic rings. The Morgan fingerprint density at radius 1 is 1.18 bits per heavy atom. The van der Waals surface area contributed by atoms with E-state index in [1.54, 1.807) is 4.90 Å². The third-order valence-corrected chi connectivity index (χ3v) is 5.27. The molecule has 2 fully saturated rings. The first-order valence-electron chi connectivity index (χ1n) is 9.35. The molecule has 2 saturated heterocycles. The molecule has 4 rings (SSSR count). The van der Waals surface area contributed by atoms with Gasteiger partial charge in [0.2, 0.25) is 17.6 Å². The molecular formula is C19H21N5O4. The number of benzene rings is 1. The topological polar surface area (TPSA) is 117 Å². The van der Waals surface area contributed by atoms with Crippen LogP contribution in [0.5, 0.6) is 0 Å². The summed E-state index contributed by atoms with van der Waals surface area (Å²) < 4.78 is 5.26. The van der Waals surface area contributed by atoms with Crippen molar-refractivity contribution in [2.75, 3.05) is 13.1 Å². The van der Waals surface area contributed by atoms with E-state index in [9.17, 15) is 14.4 Å². The van der Waals surface area contributed by atoms with Gasteiger partial charge in [-0.05, 0) is 19.3 Å². The third-order valence-electron chi connectivity index (χ3n) is 5.27. The zero-order valence-electron chi connectivity index (χ0n) is 15.3. The fraction of sp³-hybridized carbons (Fsp3) is 0.421. The van der Waals surface area contributed by atoms with Crippen molar-refractivity contribution in [1.82, 2.24) is 25.7 Å². The van der Waals surface area contributed by atoms with Crippen LogP contribution in [-0.4, -0.2) is 51.5 Å². The molecule has 9 nitrogen and oxygen atoms in total. The molecule has 0 unspecified atom stereocenters. The summed E-state index contributed by atoms with van der Waals surface area (Å²) >= 11 is 0. The highest BCUT2D eigenvalue weighted by Crippen LogP contribution is 2.26. The summed E-state index contributed by atoms with van der Waals surface area (Å²) in [6, 6.07) is 9.11. The Hall–Kier alpha value is -3.23. The zero-order valence-corrected chi connectivity index (χ0v) is 15.3. The summed E-state index contributed by atoms with van der Waals surface area (Å²) in [6.45, 7) is 0.899. The Kier molecular flexibility index (Phi) is 4.81. The number of rotatable bonds is 5. The van der Waals surface area contributed by atoms with Gasteiger partial charge in [0, 0.05) is 31.5 Å². The van der Waals surface area contributed by atoms with Crippen molar-refractivity contribution in [2.45, 2.75) is 37.6 Å². The van der Waals surface area contributed by atoms with Crippen molar-refractivity contribution in [3.63, 3.8) is 0 Å². The number of likely N-dealkylation sites (tertiary alicyclic amines) is 1. The van der Waals surface area contributed by atoms with E-state index in [4.69, 9.17) is 4.52 Å². The van der Waals surface area contributed by atoms with Crippen LogP contribution in [0.4, 0.5) is 4.79 Å². The quantitative estimate of drug-likeness (QED) is 0.751. The van der Waals surface area contributed by atoms with Crippen LogP contribution in [0.3, 0.4) is 0 Å². The number of hydrogen-bond acceptors (Lipinski definition) is 6. The van der Waals surface area contributed by atoms with E-state index >= 15 is 0 Å². The number of imide groups is 1. The molecule has 0 bridgehead atoms. The maximum absolute atomic E-state index is 12.4. The highest BCUT2D eigenvalue weighted by atomic mass is 16.5. The fourth-order valence-electron chi connectivity index (χ4n) is 3.63. The van der Waals surface area contributed by atoms with Gasteiger partial charge in [0.1, 0.15) is 5.54 Å². The second-order valence-electron chi connectivity index (χ2n) is 7.10. The van der Waals surface area contributed by atoms with E-state index < -0.39 is 11.6 Å². The molecule has 2 N–H and O–H groups in total. The van der Waals surface area contributed by atoms with Crippen molar-refractivity contribution in [1.29, 1.82) is 0 Å². The number of urea groups is 1. The SMILES string of the molecule is O=C1NC(=O)C2(CCN(C(=O)CCCc3nc(-c4ccccc4)no3)CC2)N1. The fourth-order valence-corrected chi connectivity index (χ4v) is 3.63. The Balaban J connectivity index is 1.24. The number of carbonyl (C=O) groups is 3. The van der Waals surface area contributed by atoms with Gasteiger partial charge in [-0.3, -0.25) is 14.9 Å². The second-order valence-corrected chi connectivity index (χ2v) is 7.10. The molecule has 146 valence electrons. The van der Waals surface area contributed by atoms with Crippen LogP contribution in [0, 0.1) is 0 Å². The highest BCUT2D eigenvalue weighted by molar-refractivity contribution is 6.07. The van der Waals surface area contributed by atoms with Gasteiger partial charge in [-0.15, -0.1) is 0 Å². The maximum atomic E-state index is 12.4. The summed E-state index contributed by atoms with van der Waals surface area (Å²) in [5.74, 6) is 0.785. The van der Waals surface area contributed by atoms with Gasteiger partial charge < -0.3 is 14.7 Å². The standard InChI is InChI=1S/C19H21N5O4/c25-15(24-11-9-19(10-12-24)17(26)21-18(27)22-19)8-4-7-14-20-16(23-28-14)13-5-2-1-3-6-13/h1-3,5-6H,4,7-12H2,(H2,21,22,26,27). The highest BCUT2D eigenvalue weighted by Gasteiger charge is 2.48. The monoisotopic (exact) mass is 383 g/mol. The Morgan fingerprint density at radius 3 is 2.61 bits per heavy atom. The van der Waals surface area contributed by atoms with Crippen LogP contribution in [-0.2, 0) is 16.0 Å². The smallest absolute Gasteiger partial charge is 0.322 e. The molecule has 0 atom stereocenters. The van der Waals surface area contributed by atoms with Gasteiger partial charge in [0.25, 0.3) is 5.91 Å². The van der Waals surface area contributed by atoms with Gasteiger partial charge in [-0.25, -0.2) is 4.79 Å². The minimum Gasteiger partial charge on any atom is -0.342 e. The van der Waals surface area contributed by atoms with Crippen molar-refractivity contribution < 1.29 is 18.9 Å². The molecule has 0 aliphatic carbocycles. The van der Waals surface area contributed by atoms with Crippen LogP contribution in [0.2, 0.25) is 0 Å². The summed E-state index contributed by atoms with van der Waals surface area (Å²) in [5.41, 5.74) is 0.0321. The first kappa shape index (κ1) is 18.1. The Bertz CT molecular complexity index is 887. The first-order chi connectivity index (χ1) is 13.6. The van der Waals surface area contributed by atoms with Crippen molar-refractivity contribution >= 4 is 17.8 Å². The average Bonchev–Trinajstić information content (AvgIpc) is 3.27. The number of amides is 4. The summed E-state index contributed by atoms with van der Waals surface area (Å²) in [6.07, 6.45) is 2.37. The lowest BCUT2D eigenvalue weighted by atomic mass is 9.87. The van der Waals surface area contributed by atoms with Crippen molar-refractivity contribution in [3.8, 4) is 11.4 Å². The number of carbonyl (C=O) groups excluding carboxylic acids is 3. The molecule has 0 saturated carbocycles. The van der Waals surface area contributed by atoms with Gasteiger partial charge >= 0.3 is 6.03 Å². The van der Waals surface area contributed by atoms with Gasteiger partial charge in [-0.2, -0.15) is 4.98 Å². The number of nitrogens with one attached hydrogen (secondary N) is 2. The number of aryl methyl sites for hydroxylation is 1. The lowest BCUT2D eigenvalue weighted by Gasteiger charge is -2.37. The maximum Gasteiger partial charge on any atom is 0.322 e. The van der Waals surface area contributed by atoms with E-state index in [-0.39, 0.29) is 11.8 Å². The molecule has 3 heterocycles. The largest absolute Gasteiger partial charge is 0.342 e. The molecule has 9 heteroatoms. The summed E-state index contributed by atoms with van der Waals surface area (Å²) in [5, 5.41) is 8.94. The van der Waals surface area contributed by atoms with Gasteiger partial charge in [0.15, 0.2) is 0 Å². The van der Waals surface area contributed by atoms with Crippen LogP contribution < -0.4 is 10.6 Å². The first-order valence-corrected chi connectivity index (χ1v) is 9.35. The number of hydrogen-bond donors (Lipinski definition) is 2. The summed E-state index contributed by atoms with van der Waals surface area (Å²) in [7, 11) is 0. The lowest BCUT2D eigenvalue weighted by Crippen LogP contribution is -2.55. The lowest BCUT2D eigenvalue weighted by molar-refractivity contribution is -0.135. The number of nitrogens with zero attached hydrogens (tertiary/aromatic N) is 3. The van der Waals surface area contributed by atoms with E-state index in [0.717, 1.165) is 5.56 Å². The molecule has 1 spiro atoms. The Labute approximate surface area is 161 Å². The van der Waals surface area contributed by atoms with Crippen LogP contribution in [0.1, 0.15) is 31.6 Å². The van der Waals surface area contributed by atoms with E-state index in [1.165, 1.54) is 0 Å².